The predicted octanol–water partition coefficient (Wildman–Crippen LogP) is 5.00. The molecule has 0 atom stereocenters. The summed E-state index contributed by atoms with van der Waals surface area (Å²) in [5.41, 5.74) is 4.15. The zero-order valence-corrected chi connectivity index (χ0v) is 15.0. The van der Waals surface area contributed by atoms with Gasteiger partial charge in [0.05, 0.1) is 5.56 Å². The van der Waals surface area contributed by atoms with E-state index in [0.717, 1.165) is 31.1 Å². The molecule has 3 aromatic rings. The van der Waals surface area contributed by atoms with E-state index >= 15 is 0 Å². The lowest BCUT2D eigenvalue weighted by Crippen LogP contribution is -2.25. The molecule has 27 heavy (non-hydrogen) atoms. The second-order valence-corrected chi connectivity index (χ2v) is 7.08. The van der Waals surface area contributed by atoms with E-state index in [1.807, 2.05) is 0 Å². The summed E-state index contributed by atoms with van der Waals surface area (Å²) < 4.78 is 54.6. The fourth-order valence-electron chi connectivity index (χ4n) is 3.91. The lowest BCUT2D eigenvalue weighted by molar-refractivity contribution is -0.137. The monoisotopic (exact) mass is 376 g/mol. The van der Waals surface area contributed by atoms with Crippen LogP contribution in [-0.4, -0.2) is 11.1 Å². The average molecular weight is 376 g/mol. The van der Waals surface area contributed by atoms with Crippen molar-refractivity contribution in [2.45, 2.75) is 39.0 Å². The highest BCUT2D eigenvalue weighted by Gasteiger charge is 2.31. The Morgan fingerprint density at radius 2 is 1.93 bits per heavy atom. The van der Waals surface area contributed by atoms with Gasteiger partial charge in [-0.2, -0.15) is 13.2 Å². The third kappa shape index (κ3) is 3.34. The third-order valence-corrected chi connectivity index (χ3v) is 5.27. The first-order valence-corrected chi connectivity index (χ1v) is 9.01. The van der Waals surface area contributed by atoms with Crippen LogP contribution in [-0.2, 0) is 32.1 Å². The number of alkyl halides is 3. The molecule has 1 aliphatic heterocycles. The van der Waals surface area contributed by atoms with Gasteiger partial charge < -0.3 is 9.88 Å². The maximum atomic E-state index is 14.2. The van der Waals surface area contributed by atoms with Crippen molar-refractivity contribution in [1.82, 2.24) is 9.88 Å². The van der Waals surface area contributed by atoms with Crippen LogP contribution >= 0.6 is 0 Å². The molecule has 0 aliphatic carbocycles. The molecule has 0 radical (unpaired) electrons. The van der Waals surface area contributed by atoms with E-state index in [0.29, 0.717) is 24.6 Å². The molecule has 6 heteroatoms. The molecule has 4 rings (SSSR count). The van der Waals surface area contributed by atoms with Crippen LogP contribution in [0.3, 0.4) is 0 Å². The third-order valence-electron chi connectivity index (χ3n) is 5.27. The minimum atomic E-state index is -4.53. The van der Waals surface area contributed by atoms with Gasteiger partial charge in [0.15, 0.2) is 0 Å². The Morgan fingerprint density at radius 1 is 1.11 bits per heavy atom. The maximum Gasteiger partial charge on any atom is 0.416 e. The van der Waals surface area contributed by atoms with Crippen molar-refractivity contribution in [1.29, 1.82) is 0 Å². The Hall–Kier alpha value is -2.34. The van der Waals surface area contributed by atoms with Gasteiger partial charge in [0.1, 0.15) is 5.82 Å². The van der Waals surface area contributed by atoms with E-state index in [4.69, 9.17) is 0 Å². The standard InChI is InChI=1S/C21H20F4N2/c1-13-2-5-19-16(10-13)17-12-26-8-6-20(17)27(19)9-7-14-3-4-15(11-18(14)22)21(23,24)25/h2-5,10-11,26H,6-9,12H2,1H3. The van der Waals surface area contributed by atoms with Crippen LogP contribution < -0.4 is 5.32 Å². The molecule has 0 fully saturated rings. The van der Waals surface area contributed by atoms with Crippen molar-refractivity contribution in [3.8, 4) is 0 Å². The molecule has 2 heterocycles. The van der Waals surface area contributed by atoms with Crippen LogP contribution in [0.2, 0.25) is 0 Å². The Labute approximate surface area is 154 Å². The summed E-state index contributed by atoms with van der Waals surface area (Å²) in [7, 11) is 0. The fourth-order valence-corrected chi connectivity index (χ4v) is 3.91. The van der Waals surface area contributed by atoms with Crippen molar-refractivity contribution < 1.29 is 17.6 Å². The van der Waals surface area contributed by atoms with Gasteiger partial charge >= 0.3 is 6.18 Å². The number of nitrogens with zero attached hydrogens (tertiary/aromatic N) is 1. The van der Waals surface area contributed by atoms with Gasteiger partial charge in [-0.05, 0) is 48.7 Å². The van der Waals surface area contributed by atoms with E-state index in [9.17, 15) is 17.6 Å². The summed E-state index contributed by atoms with van der Waals surface area (Å²) in [5.74, 6) is -0.798. The zero-order chi connectivity index (χ0) is 19.2. The maximum absolute atomic E-state index is 14.2. The molecule has 0 amide bonds. The highest BCUT2D eigenvalue weighted by molar-refractivity contribution is 5.86. The number of hydrogen-bond donors (Lipinski definition) is 1. The minimum Gasteiger partial charge on any atom is -0.344 e. The fraction of sp³-hybridized carbons (Fsp3) is 0.333. The number of benzene rings is 2. The molecular weight excluding hydrogens is 356 g/mol. The van der Waals surface area contributed by atoms with E-state index in [-0.39, 0.29) is 0 Å². The first kappa shape index (κ1) is 18.0. The van der Waals surface area contributed by atoms with Crippen LogP contribution in [0.4, 0.5) is 17.6 Å². The molecule has 1 N–H and O–H groups in total. The Bertz CT molecular complexity index is 1000. The van der Waals surface area contributed by atoms with Gasteiger partial charge in [-0.25, -0.2) is 4.39 Å². The minimum absolute atomic E-state index is 0.305. The molecular formula is C21H20F4N2. The summed E-state index contributed by atoms with van der Waals surface area (Å²) in [6.07, 6.45) is -3.29. The second-order valence-electron chi connectivity index (χ2n) is 7.08. The van der Waals surface area contributed by atoms with E-state index in [1.54, 1.807) is 0 Å². The SMILES string of the molecule is Cc1ccc2c(c1)c1c(n2CCc2ccc(C(F)(F)F)cc2F)CCNC1. The predicted molar refractivity (Wildman–Crippen MR) is 97.2 cm³/mol. The summed E-state index contributed by atoms with van der Waals surface area (Å²) in [6, 6.07) is 9.08. The molecule has 2 nitrogen and oxygen atoms in total. The van der Waals surface area contributed by atoms with Gasteiger partial charge in [0.2, 0.25) is 0 Å². The van der Waals surface area contributed by atoms with Crippen molar-refractivity contribution >= 4 is 10.9 Å². The normalized spacial score (nSPS) is 14.6. The summed E-state index contributed by atoms with van der Waals surface area (Å²) in [6.45, 7) is 4.28. The van der Waals surface area contributed by atoms with Crippen LogP contribution in [0, 0.1) is 12.7 Å². The summed E-state index contributed by atoms with van der Waals surface area (Å²) >= 11 is 0. The molecule has 2 aromatic carbocycles. The van der Waals surface area contributed by atoms with Crippen LogP contribution in [0.1, 0.15) is 27.9 Å². The quantitative estimate of drug-likeness (QED) is 0.637. The first-order valence-electron chi connectivity index (χ1n) is 9.01. The highest BCUT2D eigenvalue weighted by Crippen LogP contribution is 2.32. The Kier molecular flexibility index (Phi) is 4.46. The van der Waals surface area contributed by atoms with E-state index < -0.39 is 17.6 Å². The van der Waals surface area contributed by atoms with Crippen LogP contribution in [0.15, 0.2) is 36.4 Å². The lowest BCUT2D eigenvalue weighted by atomic mass is 10.0. The van der Waals surface area contributed by atoms with Gasteiger partial charge in [-0.1, -0.05) is 17.7 Å². The van der Waals surface area contributed by atoms with E-state index in [2.05, 4.69) is 35.0 Å². The number of hydrogen-bond acceptors (Lipinski definition) is 1. The topological polar surface area (TPSA) is 17.0 Å². The lowest BCUT2D eigenvalue weighted by Gasteiger charge is -2.17. The zero-order valence-electron chi connectivity index (χ0n) is 15.0. The molecule has 142 valence electrons. The number of rotatable bonds is 3. The highest BCUT2D eigenvalue weighted by atomic mass is 19.4. The van der Waals surface area contributed by atoms with Crippen LogP contribution in [0.5, 0.6) is 0 Å². The Balaban J connectivity index is 1.67. The number of fused-ring (bicyclic) bond motifs is 3. The number of aryl methyl sites for hydroxylation is 3. The first-order chi connectivity index (χ1) is 12.8. The van der Waals surface area contributed by atoms with Crippen molar-refractivity contribution in [2.75, 3.05) is 6.54 Å². The molecule has 0 bridgehead atoms. The van der Waals surface area contributed by atoms with Crippen molar-refractivity contribution in [2.24, 2.45) is 0 Å². The molecule has 1 aliphatic rings. The molecule has 0 saturated carbocycles. The molecule has 0 spiro atoms. The summed E-state index contributed by atoms with van der Waals surface area (Å²) in [4.78, 5) is 0. The molecule has 1 aromatic heterocycles. The summed E-state index contributed by atoms with van der Waals surface area (Å²) in [5, 5.41) is 4.59. The molecule has 0 saturated heterocycles. The number of halogens is 4. The van der Waals surface area contributed by atoms with Crippen molar-refractivity contribution in [3.05, 3.63) is 70.2 Å². The average Bonchev–Trinajstić information content (AvgIpc) is 2.93. The van der Waals surface area contributed by atoms with Crippen molar-refractivity contribution in [3.63, 3.8) is 0 Å². The van der Waals surface area contributed by atoms with E-state index in [1.165, 1.54) is 28.3 Å². The van der Waals surface area contributed by atoms with Gasteiger partial charge in [-0.3, -0.25) is 0 Å². The molecule has 0 unspecified atom stereocenters. The smallest absolute Gasteiger partial charge is 0.344 e. The van der Waals surface area contributed by atoms with Gasteiger partial charge in [0, 0.05) is 42.7 Å². The number of nitrogens with one attached hydrogen (secondary N) is 1. The number of aromatic nitrogens is 1. The van der Waals surface area contributed by atoms with Gasteiger partial charge in [0.25, 0.3) is 0 Å². The second kappa shape index (κ2) is 6.68. The van der Waals surface area contributed by atoms with Gasteiger partial charge in [-0.15, -0.1) is 0 Å². The van der Waals surface area contributed by atoms with Crippen LogP contribution in [0.25, 0.3) is 10.9 Å². The Morgan fingerprint density at radius 3 is 2.67 bits per heavy atom. The largest absolute Gasteiger partial charge is 0.416 e.